The first-order valence-electron chi connectivity index (χ1n) is 6.69. The van der Waals surface area contributed by atoms with E-state index in [0.717, 1.165) is 11.3 Å². The maximum absolute atomic E-state index is 13.0. The summed E-state index contributed by atoms with van der Waals surface area (Å²) >= 11 is 0. The van der Waals surface area contributed by atoms with E-state index in [2.05, 4.69) is 0 Å². The summed E-state index contributed by atoms with van der Waals surface area (Å²) in [5.74, 6) is -1.95. The van der Waals surface area contributed by atoms with Gasteiger partial charge in [-0.2, -0.15) is 0 Å². The Balaban J connectivity index is 1.40. The number of halogens is 2. The highest BCUT2D eigenvalue weighted by molar-refractivity contribution is 5.26. The van der Waals surface area contributed by atoms with Crippen molar-refractivity contribution in [1.29, 1.82) is 0 Å². The van der Waals surface area contributed by atoms with Crippen LogP contribution >= 0.6 is 0 Å². The number of fused-ring (bicyclic) bond motifs is 1. The Morgan fingerprint density at radius 1 is 1.16 bits per heavy atom. The second-order valence-corrected chi connectivity index (χ2v) is 5.59. The Morgan fingerprint density at radius 3 is 2.37 bits per heavy atom. The van der Waals surface area contributed by atoms with E-state index in [0.29, 0.717) is 32.0 Å². The van der Waals surface area contributed by atoms with E-state index in [1.54, 1.807) is 7.11 Å². The van der Waals surface area contributed by atoms with Gasteiger partial charge in [0.1, 0.15) is 5.75 Å². The lowest BCUT2D eigenvalue weighted by Gasteiger charge is -2.14. The molecule has 104 valence electrons. The SMILES string of the molecule is COc1ccc(COC[C@H]2C[C@@H]3[C@H](C2)C3(F)F)cc1. The van der Waals surface area contributed by atoms with Gasteiger partial charge in [0.2, 0.25) is 0 Å². The maximum atomic E-state index is 13.0. The summed E-state index contributed by atoms with van der Waals surface area (Å²) in [6.45, 7) is 1.13. The van der Waals surface area contributed by atoms with Gasteiger partial charge in [-0.1, -0.05) is 12.1 Å². The van der Waals surface area contributed by atoms with Crippen LogP contribution in [0.25, 0.3) is 0 Å². The second-order valence-electron chi connectivity index (χ2n) is 5.59. The van der Waals surface area contributed by atoms with Gasteiger partial charge in [0.05, 0.1) is 13.7 Å². The van der Waals surface area contributed by atoms with E-state index in [9.17, 15) is 8.78 Å². The number of methoxy groups -OCH3 is 1. The first-order valence-corrected chi connectivity index (χ1v) is 6.69. The number of hydrogen-bond donors (Lipinski definition) is 0. The standard InChI is InChI=1S/C15H18F2O2/c1-18-12-4-2-10(3-5-12)8-19-9-11-6-13-14(7-11)15(13,16)17/h2-5,11,13-14H,6-9H2,1H3/t11-,13+,14-. The minimum absolute atomic E-state index is 0.313. The Kier molecular flexibility index (Phi) is 3.21. The first kappa shape index (κ1) is 12.9. The quantitative estimate of drug-likeness (QED) is 0.813. The third-order valence-corrected chi connectivity index (χ3v) is 4.32. The summed E-state index contributed by atoms with van der Waals surface area (Å²) in [5, 5.41) is 0. The Labute approximate surface area is 111 Å². The molecule has 0 spiro atoms. The molecular formula is C15H18F2O2. The van der Waals surface area contributed by atoms with Crippen LogP contribution in [-0.4, -0.2) is 19.6 Å². The highest BCUT2D eigenvalue weighted by Crippen LogP contribution is 2.65. The molecule has 0 radical (unpaired) electrons. The zero-order valence-electron chi connectivity index (χ0n) is 10.9. The predicted octanol–water partition coefficient (Wildman–Crippen LogP) is 3.50. The van der Waals surface area contributed by atoms with Gasteiger partial charge in [0.15, 0.2) is 0 Å². The molecule has 0 bridgehead atoms. The fourth-order valence-electron chi connectivity index (χ4n) is 3.12. The third-order valence-electron chi connectivity index (χ3n) is 4.32. The molecule has 2 saturated carbocycles. The maximum Gasteiger partial charge on any atom is 0.254 e. The lowest BCUT2D eigenvalue weighted by Crippen LogP contribution is -2.13. The van der Waals surface area contributed by atoms with Gasteiger partial charge in [-0.05, 0) is 36.5 Å². The van der Waals surface area contributed by atoms with Crippen LogP contribution in [0.1, 0.15) is 18.4 Å². The van der Waals surface area contributed by atoms with Gasteiger partial charge < -0.3 is 9.47 Å². The van der Waals surface area contributed by atoms with Crippen molar-refractivity contribution >= 4 is 0 Å². The summed E-state index contributed by atoms with van der Waals surface area (Å²) in [6, 6.07) is 7.70. The molecule has 1 aromatic carbocycles. The molecule has 0 aromatic heterocycles. The monoisotopic (exact) mass is 268 g/mol. The summed E-state index contributed by atoms with van der Waals surface area (Å²) in [5.41, 5.74) is 1.08. The summed E-state index contributed by atoms with van der Waals surface area (Å²) in [4.78, 5) is 0. The number of alkyl halides is 2. The molecule has 3 rings (SSSR count). The van der Waals surface area contributed by atoms with Crippen molar-refractivity contribution < 1.29 is 18.3 Å². The Morgan fingerprint density at radius 2 is 1.79 bits per heavy atom. The van der Waals surface area contributed by atoms with Gasteiger partial charge in [0, 0.05) is 18.4 Å². The third kappa shape index (κ3) is 2.46. The Hall–Kier alpha value is -1.16. The van der Waals surface area contributed by atoms with E-state index in [1.165, 1.54) is 0 Å². The lowest BCUT2D eigenvalue weighted by atomic mass is 10.0. The highest BCUT2D eigenvalue weighted by Gasteiger charge is 2.71. The van der Waals surface area contributed by atoms with Crippen molar-refractivity contribution in [1.82, 2.24) is 0 Å². The second kappa shape index (κ2) is 4.75. The van der Waals surface area contributed by atoms with Gasteiger partial charge in [-0.3, -0.25) is 0 Å². The van der Waals surface area contributed by atoms with Crippen LogP contribution in [0.2, 0.25) is 0 Å². The van der Waals surface area contributed by atoms with Crippen LogP contribution in [-0.2, 0) is 11.3 Å². The first-order chi connectivity index (χ1) is 9.11. The molecule has 0 N–H and O–H groups in total. The topological polar surface area (TPSA) is 18.5 Å². The minimum atomic E-state index is -2.37. The Bertz CT molecular complexity index is 430. The number of ether oxygens (including phenoxy) is 2. The number of hydrogen-bond acceptors (Lipinski definition) is 2. The summed E-state index contributed by atoms with van der Waals surface area (Å²) in [6.07, 6.45) is 1.25. The van der Waals surface area contributed by atoms with E-state index < -0.39 is 5.92 Å². The minimum Gasteiger partial charge on any atom is -0.497 e. The summed E-state index contributed by atoms with van der Waals surface area (Å²) < 4.78 is 36.7. The average molecular weight is 268 g/mol. The lowest BCUT2D eigenvalue weighted by molar-refractivity contribution is 0.0376. The van der Waals surface area contributed by atoms with E-state index in [1.807, 2.05) is 24.3 Å². The highest BCUT2D eigenvalue weighted by atomic mass is 19.3. The number of rotatable bonds is 5. The van der Waals surface area contributed by atoms with Crippen molar-refractivity contribution in [3.63, 3.8) is 0 Å². The van der Waals surface area contributed by atoms with Gasteiger partial charge >= 0.3 is 0 Å². The van der Waals surface area contributed by atoms with Gasteiger partial charge in [0.25, 0.3) is 5.92 Å². The van der Waals surface area contributed by atoms with E-state index in [-0.39, 0.29) is 11.8 Å². The fourth-order valence-corrected chi connectivity index (χ4v) is 3.12. The molecule has 0 amide bonds. The zero-order valence-corrected chi connectivity index (χ0v) is 10.9. The summed E-state index contributed by atoms with van der Waals surface area (Å²) in [7, 11) is 1.63. The van der Waals surface area contributed by atoms with Crippen LogP contribution in [0.5, 0.6) is 5.75 Å². The van der Waals surface area contributed by atoms with Crippen molar-refractivity contribution in [3.8, 4) is 5.75 Å². The van der Waals surface area contributed by atoms with Crippen molar-refractivity contribution in [2.75, 3.05) is 13.7 Å². The smallest absolute Gasteiger partial charge is 0.254 e. The van der Waals surface area contributed by atoms with Crippen LogP contribution < -0.4 is 4.74 Å². The van der Waals surface area contributed by atoms with Crippen LogP contribution in [0.15, 0.2) is 24.3 Å². The fraction of sp³-hybridized carbons (Fsp3) is 0.600. The van der Waals surface area contributed by atoms with Crippen molar-refractivity contribution in [2.24, 2.45) is 17.8 Å². The molecule has 19 heavy (non-hydrogen) atoms. The molecule has 1 aromatic rings. The van der Waals surface area contributed by atoms with E-state index >= 15 is 0 Å². The molecular weight excluding hydrogens is 250 g/mol. The van der Waals surface area contributed by atoms with Gasteiger partial charge in [-0.25, -0.2) is 8.78 Å². The van der Waals surface area contributed by atoms with Crippen molar-refractivity contribution in [3.05, 3.63) is 29.8 Å². The molecule has 2 nitrogen and oxygen atoms in total. The van der Waals surface area contributed by atoms with E-state index in [4.69, 9.17) is 9.47 Å². The molecule has 3 atom stereocenters. The molecule has 2 fully saturated rings. The van der Waals surface area contributed by atoms with Crippen LogP contribution in [0.3, 0.4) is 0 Å². The number of benzene rings is 1. The van der Waals surface area contributed by atoms with Crippen molar-refractivity contribution in [2.45, 2.75) is 25.4 Å². The molecule has 4 heteroatoms. The molecule has 0 saturated heterocycles. The van der Waals surface area contributed by atoms with Crippen LogP contribution in [0, 0.1) is 17.8 Å². The normalized spacial score (nSPS) is 31.0. The largest absolute Gasteiger partial charge is 0.497 e. The molecule has 0 unspecified atom stereocenters. The van der Waals surface area contributed by atoms with Crippen LogP contribution in [0.4, 0.5) is 8.78 Å². The van der Waals surface area contributed by atoms with Gasteiger partial charge in [-0.15, -0.1) is 0 Å². The predicted molar refractivity (Wildman–Crippen MR) is 67.3 cm³/mol. The zero-order chi connectivity index (χ0) is 13.5. The molecule has 0 aliphatic heterocycles. The molecule has 0 heterocycles. The molecule has 2 aliphatic rings. The molecule has 2 aliphatic carbocycles. The average Bonchev–Trinajstić information content (AvgIpc) is 2.80.